The molecule has 1 N–H and O–H groups in total. The zero-order valence-corrected chi connectivity index (χ0v) is 14.2. The van der Waals surface area contributed by atoms with E-state index >= 15 is 0 Å². The lowest BCUT2D eigenvalue weighted by molar-refractivity contribution is -0.137. The first-order chi connectivity index (χ1) is 11.2. The summed E-state index contributed by atoms with van der Waals surface area (Å²) in [7, 11) is 0. The van der Waals surface area contributed by atoms with E-state index in [-0.39, 0.29) is 5.75 Å². The molecule has 0 bridgehead atoms. The number of benzene rings is 2. The van der Waals surface area contributed by atoms with Crippen molar-refractivity contribution in [3.63, 3.8) is 0 Å². The summed E-state index contributed by atoms with van der Waals surface area (Å²) in [6.07, 6.45) is -3.35. The molecule has 0 aliphatic carbocycles. The first-order valence-electron chi connectivity index (χ1n) is 6.79. The van der Waals surface area contributed by atoms with Crippen molar-refractivity contribution in [2.24, 2.45) is 0 Å². The molecule has 2 aromatic rings. The van der Waals surface area contributed by atoms with E-state index in [0.29, 0.717) is 21.5 Å². The Balaban J connectivity index is 2.35. The molecule has 0 radical (unpaired) electrons. The monoisotopic (exact) mass is 399 g/mol. The number of ether oxygens (including phenoxy) is 1. The molecule has 0 fully saturated rings. The van der Waals surface area contributed by atoms with Crippen LogP contribution in [0.15, 0.2) is 53.5 Å². The van der Waals surface area contributed by atoms with Crippen molar-refractivity contribution < 1.29 is 22.7 Å². The highest BCUT2D eigenvalue weighted by molar-refractivity contribution is 9.10. The van der Waals surface area contributed by atoms with Crippen LogP contribution in [-0.4, -0.2) is 5.91 Å². The van der Waals surface area contributed by atoms with Crippen LogP contribution < -0.4 is 10.1 Å². The number of anilines is 1. The van der Waals surface area contributed by atoms with Gasteiger partial charge in [0, 0.05) is 11.8 Å². The molecular formula is C17H13BrF3NO2. The van der Waals surface area contributed by atoms with Crippen molar-refractivity contribution in [2.45, 2.75) is 13.1 Å². The van der Waals surface area contributed by atoms with Crippen LogP contribution in [0.2, 0.25) is 0 Å². The number of alkyl halides is 3. The zero-order chi connectivity index (χ0) is 17.9. The summed E-state index contributed by atoms with van der Waals surface area (Å²) in [6.45, 7) is 5.10. The quantitative estimate of drug-likeness (QED) is 0.670. The molecule has 0 atom stereocenters. The average molecular weight is 400 g/mol. The number of carbonyl (C=O) groups excluding carboxylic acids is 1. The Labute approximate surface area is 145 Å². The van der Waals surface area contributed by atoms with Crippen LogP contribution in [0.3, 0.4) is 0 Å². The third kappa shape index (κ3) is 4.38. The van der Waals surface area contributed by atoms with Gasteiger partial charge in [-0.15, -0.1) is 0 Å². The molecule has 0 spiro atoms. The van der Waals surface area contributed by atoms with Crippen molar-refractivity contribution >= 4 is 27.5 Å². The largest absolute Gasteiger partial charge is 0.456 e. The molecule has 7 heteroatoms. The van der Waals surface area contributed by atoms with Gasteiger partial charge in [-0.2, -0.15) is 13.2 Å². The highest BCUT2D eigenvalue weighted by Gasteiger charge is 2.31. The molecule has 0 unspecified atom stereocenters. The topological polar surface area (TPSA) is 38.3 Å². The van der Waals surface area contributed by atoms with Gasteiger partial charge in [-0.3, -0.25) is 4.79 Å². The first-order valence-corrected chi connectivity index (χ1v) is 7.58. The van der Waals surface area contributed by atoms with Gasteiger partial charge in [-0.25, -0.2) is 0 Å². The Hall–Kier alpha value is -2.28. The molecule has 0 aromatic heterocycles. The van der Waals surface area contributed by atoms with E-state index in [9.17, 15) is 18.0 Å². The zero-order valence-electron chi connectivity index (χ0n) is 12.6. The van der Waals surface area contributed by atoms with Gasteiger partial charge < -0.3 is 10.1 Å². The highest BCUT2D eigenvalue weighted by atomic mass is 79.9. The number of rotatable bonds is 4. The van der Waals surface area contributed by atoms with Crippen molar-refractivity contribution in [2.75, 3.05) is 5.32 Å². The van der Waals surface area contributed by atoms with Gasteiger partial charge in [-0.1, -0.05) is 12.6 Å². The van der Waals surface area contributed by atoms with E-state index in [1.807, 2.05) is 0 Å². The molecule has 0 aliphatic rings. The minimum absolute atomic E-state index is 0.0279. The average Bonchev–Trinajstić information content (AvgIpc) is 2.51. The third-order valence-corrected chi connectivity index (χ3v) is 3.77. The molecule has 2 rings (SSSR count). The summed E-state index contributed by atoms with van der Waals surface area (Å²) in [5.74, 6) is -0.0398. The number of hydrogen-bond donors (Lipinski definition) is 1. The van der Waals surface area contributed by atoms with Crippen LogP contribution in [0.1, 0.15) is 11.1 Å². The summed E-state index contributed by atoms with van der Waals surface area (Å²) in [5, 5.41) is 2.57. The number of halogens is 4. The minimum atomic E-state index is -4.46. The molecule has 0 saturated carbocycles. The lowest BCUT2D eigenvalue weighted by Gasteiger charge is -2.14. The maximum Gasteiger partial charge on any atom is 0.416 e. The first kappa shape index (κ1) is 18.1. The Bertz CT molecular complexity index is 788. The van der Waals surface area contributed by atoms with Crippen molar-refractivity contribution in [1.82, 2.24) is 0 Å². The summed E-state index contributed by atoms with van der Waals surface area (Å²) in [6, 6.07) is 8.03. The van der Waals surface area contributed by atoms with Crippen molar-refractivity contribution in [3.05, 3.63) is 64.7 Å². The van der Waals surface area contributed by atoms with Crippen LogP contribution >= 0.6 is 15.9 Å². The third-order valence-electron chi connectivity index (χ3n) is 3.12. The van der Waals surface area contributed by atoms with E-state index in [1.165, 1.54) is 12.1 Å². The fraction of sp³-hybridized carbons (Fsp3) is 0.118. The molecule has 0 heterocycles. The second kappa shape index (κ2) is 7.09. The molecule has 1 amide bonds. The van der Waals surface area contributed by atoms with Crippen LogP contribution in [0, 0.1) is 6.92 Å². The minimum Gasteiger partial charge on any atom is -0.456 e. The van der Waals surface area contributed by atoms with Crippen LogP contribution in [0.5, 0.6) is 11.5 Å². The van der Waals surface area contributed by atoms with Gasteiger partial charge in [-0.05, 0) is 58.8 Å². The van der Waals surface area contributed by atoms with Gasteiger partial charge in [0.05, 0.1) is 10.0 Å². The molecule has 2 aromatic carbocycles. The van der Waals surface area contributed by atoms with Gasteiger partial charge in [0.2, 0.25) is 5.91 Å². The second-order valence-corrected chi connectivity index (χ2v) is 5.77. The van der Waals surface area contributed by atoms with Crippen LogP contribution in [0.4, 0.5) is 18.9 Å². The number of hydrogen-bond acceptors (Lipinski definition) is 2. The van der Waals surface area contributed by atoms with Crippen molar-refractivity contribution in [1.29, 1.82) is 0 Å². The summed E-state index contributed by atoms with van der Waals surface area (Å²) < 4.78 is 44.5. The molecule has 126 valence electrons. The lowest BCUT2D eigenvalue weighted by Crippen LogP contribution is -2.07. The molecule has 0 aliphatic heterocycles. The normalized spacial score (nSPS) is 11.0. The van der Waals surface area contributed by atoms with Crippen molar-refractivity contribution in [3.8, 4) is 11.5 Å². The highest BCUT2D eigenvalue weighted by Crippen LogP contribution is 2.38. The Morgan fingerprint density at radius 2 is 1.92 bits per heavy atom. The van der Waals surface area contributed by atoms with E-state index < -0.39 is 17.6 Å². The summed E-state index contributed by atoms with van der Waals surface area (Å²) in [5.41, 5.74) is 0.342. The molecule has 24 heavy (non-hydrogen) atoms. The van der Waals surface area contributed by atoms with Crippen LogP contribution in [0.25, 0.3) is 0 Å². The summed E-state index contributed by atoms with van der Waals surface area (Å²) in [4.78, 5) is 11.3. The predicted molar refractivity (Wildman–Crippen MR) is 89.2 cm³/mol. The van der Waals surface area contributed by atoms with Gasteiger partial charge in [0.25, 0.3) is 0 Å². The van der Waals surface area contributed by atoms with E-state index in [0.717, 1.165) is 18.2 Å². The Kier molecular flexibility index (Phi) is 5.33. The number of amides is 1. The maximum atomic E-state index is 12.8. The van der Waals surface area contributed by atoms with E-state index in [4.69, 9.17) is 4.74 Å². The van der Waals surface area contributed by atoms with Gasteiger partial charge >= 0.3 is 6.18 Å². The Morgan fingerprint density at radius 1 is 1.21 bits per heavy atom. The van der Waals surface area contributed by atoms with E-state index in [1.54, 1.807) is 19.1 Å². The maximum absolute atomic E-state index is 12.8. The molecular weight excluding hydrogens is 387 g/mol. The lowest BCUT2D eigenvalue weighted by atomic mass is 10.2. The standard InChI is InChI=1S/C17H13BrF3NO2/c1-3-16(23)22-12-6-4-10(2)14(9-12)24-15-8-11(17(19,20)21)5-7-13(15)18/h3-9H,1H2,2H3,(H,22,23). The van der Waals surface area contributed by atoms with E-state index in [2.05, 4.69) is 27.8 Å². The molecule has 3 nitrogen and oxygen atoms in total. The number of aryl methyl sites for hydroxylation is 1. The Morgan fingerprint density at radius 3 is 2.54 bits per heavy atom. The van der Waals surface area contributed by atoms with Gasteiger partial charge in [0.15, 0.2) is 0 Å². The smallest absolute Gasteiger partial charge is 0.416 e. The van der Waals surface area contributed by atoms with Gasteiger partial charge in [0.1, 0.15) is 11.5 Å². The number of nitrogens with one attached hydrogen (secondary N) is 1. The number of carbonyl (C=O) groups is 1. The predicted octanol–water partition coefficient (Wildman–Crippen LogP) is 5.69. The fourth-order valence-corrected chi connectivity index (χ4v) is 2.19. The second-order valence-electron chi connectivity index (χ2n) is 4.92. The summed E-state index contributed by atoms with van der Waals surface area (Å²) >= 11 is 3.17. The van der Waals surface area contributed by atoms with Crippen LogP contribution in [-0.2, 0) is 11.0 Å². The molecule has 0 saturated heterocycles. The fourth-order valence-electron chi connectivity index (χ4n) is 1.86. The SMILES string of the molecule is C=CC(=O)Nc1ccc(C)c(Oc2cc(C(F)(F)F)ccc2Br)c1.